The Morgan fingerprint density at radius 1 is 1.38 bits per heavy atom. The van der Waals surface area contributed by atoms with E-state index in [0.717, 1.165) is 9.88 Å². The molecule has 0 radical (unpaired) electrons. The van der Waals surface area contributed by atoms with E-state index in [-0.39, 0.29) is 11.4 Å². The van der Waals surface area contributed by atoms with Crippen molar-refractivity contribution >= 4 is 38.6 Å². The van der Waals surface area contributed by atoms with Gasteiger partial charge < -0.3 is 5.73 Å². The second-order valence-electron chi connectivity index (χ2n) is 4.73. The summed E-state index contributed by atoms with van der Waals surface area (Å²) < 4.78 is 26.4. The number of anilines is 1. The number of sulfonamides is 1. The molecule has 0 spiro atoms. The Morgan fingerprint density at radius 3 is 2.57 bits per heavy atom. The topological polar surface area (TPSA) is 76.3 Å². The van der Waals surface area contributed by atoms with E-state index < -0.39 is 10.0 Å². The molecule has 0 aliphatic carbocycles. The van der Waals surface area contributed by atoms with Gasteiger partial charge in [0.2, 0.25) is 10.0 Å². The number of nitrogens with zero attached hydrogens (tertiary/aromatic N) is 2. The van der Waals surface area contributed by atoms with Crippen LogP contribution in [0.4, 0.5) is 5.69 Å². The number of aryl methyl sites for hydroxylation is 1. The Kier molecular flexibility index (Phi) is 4.57. The Balaban J connectivity index is 2.33. The van der Waals surface area contributed by atoms with E-state index in [2.05, 4.69) is 4.98 Å². The van der Waals surface area contributed by atoms with Crippen molar-refractivity contribution in [2.75, 3.05) is 12.8 Å². The third-order valence-electron chi connectivity index (χ3n) is 3.11. The van der Waals surface area contributed by atoms with Gasteiger partial charge in [-0.3, -0.25) is 0 Å². The molecule has 21 heavy (non-hydrogen) atoms. The molecule has 2 aromatic rings. The highest BCUT2D eigenvalue weighted by Crippen LogP contribution is 2.28. The van der Waals surface area contributed by atoms with Gasteiger partial charge >= 0.3 is 0 Å². The zero-order chi connectivity index (χ0) is 15.8. The first-order valence-corrected chi connectivity index (χ1v) is 8.78. The van der Waals surface area contributed by atoms with Crippen molar-refractivity contribution in [2.45, 2.75) is 25.3 Å². The molecule has 0 atom stereocenters. The van der Waals surface area contributed by atoms with Crippen LogP contribution < -0.4 is 5.73 Å². The first kappa shape index (κ1) is 16.2. The monoisotopic (exact) mass is 345 g/mol. The lowest BCUT2D eigenvalue weighted by Crippen LogP contribution is -2.26. The Morgan fingerprint density at radius 2 is 2.05 bits per heavy atom. The first-order chi connectivity index (χ1) is 9.71. The molecule has 0 bridgehead atoms. The second kappa shape index (κ2) is 5.92. The molecule has 0 fully saturated rings. The maximum atomic E-state index is 12.6. The van der Waals surface area contributed by atoms with Crippen molar-refractivity contribution in [2.24, 2.45) is 0 Å². The standard InChI is InChI=1S/C13H16ClN3O2S2/c1-8-12(14)4-11(5-13(8)15)21(18,19)17(3)7-10-6-16-9(2)20-10/h4-6H,7,15H2,1-3H3. The molecule has 8 heteroatoms. The molecule has 1 aromatic carbocycles. The van der Waals surface area contributed by atoms with E-state index in [0.29, 0.717) is 16.3 Å². The normalized spacial score (nSPS) is 12.0. The molecule has 1 heterocycles. The fraction of sp³-hybridized carbons (Fsp3) is 0.308. The van der Waals surface area contributed by atoms with Crippen LogP contribution in [0.25, 0.3) is 0 Å². The van der Waals surface area contributed by atoms with Crippen molar-refractivity contribution < 1.29 is 8.42 Å². The van der Waals surface area contributed by atoms with Crippen LogP contribution >= 0.6 is 22.9 Å². The van der Waals surface area contributed by atoms with Gasteiger partial charge in [-0.05, 0) is 31.5 Å². The van der Waals surface area contributed by atoms with E-state index in [1.165, 1.54) is 34.8 Å². The van der Waals surface area contributed by atoms with Gasteiger partial charge in [-0.25, -0.2) is 13.4 Å². The van der Waals surface area contributed by atoms with E-state index in [1.54, 1.807) is 13.1 Å². The zero-order valence-corrected chi connectivity index (χ0v) is 14.3. The number of aromatic nitrogens is 1. The highest BCUT2D eigenvalue weighted by Gasteiger charge is 2.23. The molecule has 114 valence electrons. The zero-order valence-electron chi connectivity index (χ0n) is 11.9. The predicted molar refractivity (Wildman–Crippen MR) is 86.1 cm³/mol. The summed E-state index contributed by atoms with van der Waals surface area (Å²) in [6.45, 7) is 3.89. The minimum Gasteiger partial charge on any atom is -0.398 e. The van der Waals surface area contributed by atoms with Crippen LogP contribution in [0.5, 0.6) is 0 Å². The lowest BCUT2D eigenvalue weighted by molar-refractivity contribution is 0.469. The summed E-state index contributed by atoms with van der Waals surface area (Å²) in [7, 11) is -2.12. The molecule has 0 saturated heterocycles. The smallest absolute Gasteiger partial charge is 0.243 e. The third kappa shape index (κ3) is 3.37. The summed E-state index contributed by atoms with van der Waals surface area (Å²) in [6, 6.07) is 2.86. The SMILES string of the molecule is Cc1ncc(CN(C)S(=O)(=O)c2cc(N)c(C)c(Cl)c2)s1. The number of halogens is 1. The highest BCUT2D eigenvalue weighted by molar-refractivity contribution is 7.89. The molecule has 5 nitrogen and oxygen atoms in total. The minimum atomic E-state index is -3.64. The number of hydrogen-bond acceptors (Lipinski definition) is 5. The van der Waals surface area contributed by atoms with Gasteiger partial charge in [-0.2, -0.15) is 4.31 Å². The Hall–Kier alpha value is -1.15. The third-order valence-corrected chi connectivity index (χ3v) is 6.19. The number of hydrogen-bond donors (Lipinski definition) is 1. The van der Waals surface area contributed by atoms with Crippen LogP contribution in [0.1, 0.15) is 15.4 Å². The number of nitrogens with two attached hydrogens (primary N) is 1. The van der Waals surface area contributed by atoms with Crippen LogP contribution in [0.15, 0.2) is 23.2 Å². The van der Waals surface area contributed by atoms with E-state index in [4.69, 9.17) is 17.3 Å². The van der Waals surface area contributed by atoms with Gasteiger partial charge in [0.1, 0.15) is 0 Å². The molecular formula is C13H16ClN3O2S2. The number of rotatable bonds is 4. The fourth-order valence-corrected chi connectivity index (χ4v) is 4.22. The van der Waals surface area contributed by atoms with Crippen LogP contribution in [0.3, 0.4) is 0 Å². The summed E-state index contributed by atoms with van der Waals surface area (Å²) in [4.78, 5) is 5.10. The number of nitrogen functional groups attached to an aromatic ring is 1. The lowest BCUT2D eigenvalue weighted by atomic mass is 10.2. The summed E-state index contributed by atoms with van der Waals surface area (Å²) in [5.41, 5.74) is 6.84. The Labute approximate surface area is 133 Å². The molecule has 0 saturated carbocycles. The van der Waals surface area contributed by atoms with Crippen molar-refractivity contribution in [3.8, 4) is 0 Å². The maximum absolute atomic E-state index is 12.6. The quantitative estimate of drug-likeness (QED) is 0.864. The van der Waals surface area contributed by atoms with Crippen LogP contribution in [0, 0.1) is 13.8 Å². The van der Waals surface area contributed by atoms with Crippen LogP contribution in [0.2, 0.25) is 5.02 Å². The predicted octanol–water partition coefficient (Wildman–Crippen LogP) is 2.82. The average molecular weight is 346 g/mol. The van der Waals surface area contributed by atoms with Gasteiger partial charge in [0.05, 0.1) is 9.90 Å². The highest BCUT2D eigenvalue weighted by atomic mass is 35.5. The second-order valence-corrected chi connectivity index (χ2v) is 8.50. The van der Waals surface area contributed by atoms with Crippen molar-refractivity contribution in [3.05, 3.63) is 38.8 Å². The lowest BCUT2D eigenvalue weighted by Gasteiger charge is -2.17. The van der Waals surface area contributed by atoms with Crippen molar-refractivity contribution in [1.82, 2.24) is 9.29 Å². The Bertz CT molecular complexity index is 748. The van der Waals surface area contributed by atoms with Crippen molar-refractivity contribution in [1.29, 1.82) is 0 Å². The average Bonchev–Trinajstić information content (AvgIpc) is 2.80. The van der Waals surface area contributed by atoms with Gasteiger partial charge in [0, 0.05) is 35.4 Å². The van der Waals surface area contributed by atoms with E-state index in [1.807, 2.05) is 6.92 Å². The molecular weight excluding hydrogens is 330 g/mol. The fourth-order valence-electron chi connectivity index (χ4n) is 1.79. The summed E-state index contributed by atoms with van der Waals surface area (Å²) in [5.74, 6) is 0. The van der Waals surface area contributed by atoms with Gasteiger partial charge in [0.25, 0.3) is 0 Å². The molecule has 2 N–H and O–H groups in total. The largest absolute Gasteiger partial charge is 0.398 e. The van der Waals surface area contributed by atoms with Gasteiger partial charge in [-0.1, -0.05) is 11.6 Å². The minimum absolute atomic E-state index is 0.0966. The first-order valence-electron chi connectivity index (χ1n) is 6.15. The maximum Gasteiger partial charge on any atom is 0.243 e. The van der Waals surface area contributed by atoms with Crippen LogP contribution in [-0.4, -0.2) is 24.8 Å². The molecule has 2 rings (SSSR count). The van der Waals surface area contributed by atoms with Crippen molar-refractivity contribution in [3.63, 3.8) is 0 Å². The van der Waals surface area contributed by atoms with E-state index in [9.17, 15) is 8.42 Å². The molecule has 0 aliphatic rings. The molecule has 0 unspecified atom stereocenters. The summed E-state index contributed by atoms with van der Waals surface area (Å²) in [5, 5.41) is 1.24. The summed E-state index contributed by atoms with van der Waals surface area (Å²) in [6.07, 6.45) is 1.68. The van der Waals surface area contributed by atoms with Gasteiger partial charge in [0.15, 0.2) is 0 Å². The number of benzene rings is 1. The molecule has 1 aromatic heterocycles. The molecule has 0 aliphatic heterocycles. The molecule has 0 amide bonds. The number of thiazole rings is 1. The van der Waals surface area contributed by atoms with Crippen LogP contribution in [-0.2, 0) is 16.6 Å². The van der Waals surface area contributed by atoms with Gasteiger partial charge in [-0.15, -0.1) is 11.3 Å². The summed E-state index contributed by atoms with van der Waals surface area (Å²) >= 11 is 7.49. The van der Waals surface area contributed by atoms with E-state index >= 15 is 0 Å².